The second-order valence-electron chi connectivity index (χ2n) is 3.97. The van der Waals surface area contributed by atoms with Gasteiger partial charge in [-0.2, -0.15) is 0 Å². The molecule has 1 aliphatic rings. The van der Waals surface area contributed by atoms with Crippen LogP contribution in [0.1, 0.15) is 43.9 Å². The SMILES string of the molecule is OC(c1ccc[nH]1)C1CCCCC1. The van der Waals surface area contributed by atoms with Gasteiger partial charge in [0.05, 0.1) is 6.10 Å². The van der Waals surface area contributed by atoms with Crippen LogP contribution < -0.4 is 0 Å². The molecule has 1 aliphatic carbocycles. The molecular weight excluding hydrogens is 162 g/mol. The molecule has 1 saturated carbocycles. The Hall–Kier alpha value is -0.760. The van der Waals surface area contributed by atoms with E-state index in [9.17, 15) is 5.11 Å². The van der Waals surface area contributed by atoms with E-state index >= 15 is 0 Å². The number of nitrogens with one attached hydrogen (secondary N) is 1. The van der Waals surface area contributed by atoms with Crippen molar-refractivity contribution in [3.8, 4) is 0 Å². The Morgan fingerprint density at radius 3 is 2.69 bits per heavy atom. The van der Waals surface area contributed by atoms with Gasteiger partial charge in [-0.05, 0) is 30.9 Å². The molecule has 0 aliphatic heterocycles. The van der Waals surface area contributed by atoms with E-state index < -0.39 is 0 Å². The third-order valence-corrected chi connectivity index (χ3v) is 3.04. The highest BCUT2D eigenvalue weighted by molar-refractivity contribution is 5.08. The predicted octanol–water partition coefficient (Wildman–Crippen LogP) is 2.63. The van der Waals surface area contributed by atoms with Gasteiger partial charge in [-0.1, -0.05) is 19.3 Å². The molecule has 0 aromatic carbocycles. The minimum Gasteiger partial charge on any atom is -0.387 e. The molecule has 72 valence electrons. The molecule has 1 unspecified atom stereocenters. The first kappa shape index (κ1) is 8.82. The molecule has 1 atom stereocenters. The van der Waals surface area contributed by atoms with E-state index in [4.69, 9.17) is 0 Å². The van der Waals surface area contributed by atoms with Crippen molar-refractivity contribution in [2.75, 3.05) is 0 Å². The first-order valence-electron chi connectivity index (χ1n) is 5.19. The maximum absolute atomic E-state index is 10.0. The molecule has 2 rings (SSSR count). The minimum absolute atomic E-state index is 0.268. The molecular formula is C11H17NO. The van der Waals surface area contributed by atoms with Crippen molar-refractivity contribution in [2.24, 2.45) is 5.92 Å². The molecule has 2 nitrogen and oxygen atoms in total. The van der Waals surface area contributed by atoms with Crippen molar-refractivity contribution in [1.29, 1.82) is 0 Å². The minimum atomic E-state index is -0.268. The molecule has 0 radical (unpaired) electrons. The summed E-state index contributed by atoms with van der Waals surface area (Å²) in [5.41, 5.74) is 0.979. The maximum Gasteiger partial charge on any atom is 0.0965 e. The molecule has 0 bridgehead atoms. The summed E-state index contributed by atoms with van der Waals surface area (Å²) in [7, 11) is 0. The molecule has 13 heavy (non-hydrogen) atoms. The van der Waals surface area contributed by atoms with Crippen molar-refractivity contribution in [1.82, 2.24) is 4.98 Å². The van der Waals surface area contributed by atoms with Crippen LogP contribution in [0.2, 0.25) is 0 Å². The standard InChI is InChI=1S/C11H17NO/c13-11(10-7-4-8-12-10)9-5-2-1-3-6-9/h4,7-9,11-13H,1-3,5-6H2. The number of hydrogen-bond acceptors (Lipinski definition) is 1. The Balaban J connectivity index is 1.99. The van der Waals surface area contributed by atoms with E-state index in [-0.39, 0.29) is 6.10 Å². The van der Waals surface area contributed by atoms with Crippen LogP contribution in [-0.2, 0) is 0 Å². The Morgan fingerprint density at radius 2 is 2.08 bits per heavy atom. The number of aliphatic hydroxyl groups excluding tert-OH is 1. The molecule has 2 N–H and O–H groups in total. The van der Waals surface area contributed by atoms with Crippen molar-refractivity contribution < 1.29 is 5.11 Å². The second kappa shape index (κ2) is 3.97. The number of aromatic amines is 1. The molecule has 1 heterocycles. The van der Waals surface area contributed by atoms with Crippen LogP contribution in [0.4, 0.5) is 0 Å². The van der Waals surface area contributed by atoms with Gasteiger partial charge in [-0.3, -0.25) is 0 Å². The largest absolute Gasteiger partial charge is 0.387 e. The predicted molar refractivity (Wildman–Crippen MR) is 52.3 cm³/mol. The topological polar surface area (TPSA) is 36.0 Å². The summed E-state index contributed by atoms with van der Waals surface area (Å²) in [6, 6.07) is 3.92. The number of aliphatic hydroxyl groups is 1. The lowest BCUT2D eigenvalue weighted by molar-refractivity contribution is 0.0816. The molecule has 0 spiro atoms. The second-order valence-corrected chi connectivity index (χ2v) is 3.97. The van der Waals surface area contributed by atoms with Crippen LogP contribution in [0.25, 0.3) is 0 Å². The number of H-pyrrole nitrogens is 1. The normalized spacial score (nSPS) is 21.6. The fourth-order valence-corrected chi connectivity index (χ4v) is 2.23. The van der Waals surface area contributed by atoms with E-state index in [0.29, 0.717) is 5.92 Å². The zero-order valence-corrected chi connectivity index (χ0v) is 7.87. The highest BCUT2D eigenvalue weighted by Gasteiger charge is 2.23. The zero-order chi connectivity index (χ0) is 9.10. The summed E-state index contributed by atoms with van der Waals surface area (Å²) in [6.45, 7) is 0. The van der Waals surface area contributed by atoms with Crippen LogP contribution >= 0.6 is 0 Å². The smallest absolute Gasteiger partial charge is 0.0965 e. The lowest BCUT2D eigenvalue weighted by atomic mass is 9.84. The van der Waals surface area contributed by atoms with Gasteiger partial charge in [0, 0.05) is 11.9 Å². The van der Waals surface area contributed by atoms with Crippen LogP contribution in [0.3, 0.4) is 0 Å². The zero-order valence-electron chi connectivity index (χ0n) is 7.87. The van der Waals surface area contributed by atoms with Crippen LogP contribution in [-0.4, -0.2) is 10.1 Å². The number of hydrogen-bond donors (Lipinski definition) is 2. The van der Waals surface area contributed by atoms with Crippen molar-refractivity contribution in [3.05, 3.63) is 24.0 Å². The lowest BCUT2D eigenvalue weighted by Crippen LogP contribution is -2.16. The third-order valence-electron chi connectivity index (χ3n) is 3.04. The van der Waals surface area contributed by atoms with Crippen LogP contribution in [0, 0.1) is 5.92 Å². The first-order valence-corrected chi connectivity index (χ1v) is 5.19. The average molecular weight is 179 g/mol. The van der Waals surface area contributed by atoms with Gasteiger partial charge in [0.2, 0.25) is 0 Å². The van der Waals surface area contributed by atoms with Gasteiger partial charge >= 0.3 is 0 Å². The average Bonchev–Trinajstić information content (AvgIpc) is 2.71. The van der Waals surface area contributed by atoms with Gasteiger partial charge in [-0.15, -0.1) is 0 Å². The molecule has 1 aromatic heterocycles. The fraction of sp³-hybridized carbons (Fsp3) is 0.636. The summed E-state index contributed by atoms with van der Waals surface area (Å²) < 4.78 is 0. The third kappa shape index (κ3) is 1.94. The summed E-state index contributed by atoms with van der Waals surface area (Å²) in [5.74, 6) is 0.479. The monoisotopic (exact) mass is 179 g/mol. The van der Waals surface area contributed by atoms with Crippen LogP contribution in [0.5, 0.6) is 0 Å². The molecule has 0 saturated heterocycles. The highest BCUT2D eigenvalue weighted by atomic mass is 16.3. The summed E-state index contributed by atoms with van der Waals surface area (Å²) in [5, 5.41) is 10.0. The van der Waals surface area contributed by atoms with Gasteiger partial charge in [0.15, 0.2) is 0 Å². The fourth-order valence-electron chi connectivity index (χ4n) is 2.23. The first-order chi connectivity index (χ1) is 6.38. The van der Waals surface area contributed by atoms with E-state index in [0.717, 1.165) is 5.69 Å². The van der Waals surface area contributed by atoms with E-state index in [2.05, 4.69) is 4.98 Å². The van der Waals surface area contributed by atoms with Crippen molar-refractivity contribution in [3.63, 3.8) is 0 Å². The quantitative estimate of drug-likeness (QED) is 0.719. The van der Waals surface area contributed by atoms with Gasteiger partial charge < -0.3 is 10.1 Å². The Labute approximate surface area is 79.0 Å². The van der Waals surface area contributed by atoms with Gasteiger partial charge in [0.1, 0.15) is 0 Å². The summed E-state index contributed by atoms with van der Waals surface area (Å²) in [6.07, 6.45) is 7.87. The summed E-state index contributed by atoms with van der Waals surface area (Å²) in [4.78, 5) is 3.08. The Bertz CT molecular complexity index is 237. The number of rotatable bonds is 2. The molecule has 0 amide bonds. The lowest BCUT2D eigenvalue weighted by Gasteiger charge is -2.25. The van der Waals surface area contributed by atoms with Gasteiger partial charge in [-0.25, -0.2) is 0 Å². The highest BCUT2D eigenvalue weighted by Crippen LogP contribution is 2.33. The van der Waals surface area contributed by atoms with Gasteiger partial charge in [0.25, 0.3) is 0 Å². The molecule has 2 heteroatoms. The maximum atomic E-state index is 10.0. The van der Waals surface area contributed by atoms with Crippen LogP contribution in [0.15, 0.2) is 18.3 Å². The number of aromatic nitrogens is 1. The van der Waals surface area contributed by atoms with Crippen molar-refractivity contribution >= 4 is 0 Å². The Kier molecular flexibility index (Phi) is 2.69. The molecule has 1 aromatic rings. The summed E-state index contributed by atoms with van der Waals surface area (Å²) >= 11 is 0. The van der Waals surface area contributed by atoms with E-state index in [1.807, 2.05) is 18.3 Å². The molecule has 1 fully saturated rings. The van der Waals surface area contributed by atoms with E-state index in [1.54, 1.807) is 0 Å². The Morgan fingerprint density at radius 1 is 1.31 bits per heavy atom. The van der Waals surface area contributed by atoms with E-state index in [1.165, 1.54) is 32.1 Å². The van der Waals surface area contributed by atoms with Crippen molar-refractivity contribution in [2.45, 2.75) is 38.2 Å².